The second-order valence-electron chi connectivity index (χ2n) is 5.35. The molecule has 19 heavy (non-hydrogen) atoms. The van der Waals surface area contributed by atoms with E-state index in [4.69, 9.17) is 21.1 Å². The number of hydrogen-bond donors (Lipinski definition) is 1. The van der Waals surface area contributed by atoms with Crippen LogP contribution in [0.15, 0.2) is 18.2 Å². The summed E-state index contributed by atoms with van der Waals surface area (Å²) in [6, 6.07) is 6.51. The van der Waals surface area contributed by atoms with Crippen molar-refractivity contribution in [3.05, 3.63) is 28.8 Å². The third-order valence-corrected chi connectivity index (χ3v) is 3.86. The van der Waals surface area contributed by atoms with Crippen molar-refractivity contribution in [2.75, 3.05) is 13.2 Å². The first-order valence-electron chi connectivity index (χ1n) is 7.07. The number of nitrogens with one attached hydrogen (secondary N) is 1. The van der Waals surface area contributed by atoms with Crippen LogP contribution >= 0.6 is 11.6 Å². The molecule has 0 bridgehead atoms. The molecule has 3 nitrogen and oxygen atoms in total. The summed E-state index contributed by atoms with van der Waals surface area (Å²) in [6.45, 7) is 2.33. The Kier molecular flexibility index (Phi) is 4.26. The van der Waals surface area contributed by atoms with Crippen LogP contribution < -0.4 is 10.1 Å². The monoisotopic (exact) mass is 281 g/mol. The van der Waals surface area contributed by atoms with Crippen LogP contribution in [-0.4, -0.2) is 25.4 Å². The molecule has 1 heterocycles. The van der Waals surface area contributed by atoms with Gasteiger partial charge in [-0.3, -0.25) is 0 Å². The van der Waals surface area contributed by atoms with Crippen LogP contribution in [0.1, 0.15) is 31.2 Å². The molecule has 1 aliphatic heterocycles. The molecule has 0 spiro atoms. The van der Waals surface area contributed by atoms with E-state index in [9.17, 15) is 0 Å². The highest BCUT2D eigenvalue weighted by Gasteiger charge is 2.21. The lowest BCUT2D eigenvalue weighted by Crippen LogP contribution is -2.19. The van der Waals surface area contributed by atoms with Crippen LogP contribution in [-0.2, 0) is 11.3 Å². The maximum Gasteiger partial charge on any atom is 0.124 e. The summed E-state index contributed by atoms with van der Waals surface area (Å²) in [5.41, 5.74) is 1.14. The third kappa shape index (κ3) is 3.85. The van der Waals surface area contributed by atoms with Crippen molar-refractivity contribution in [2.24, 2.45) is 0 Å². The first-order valence-corrected chi connectivity index (χ1v) is 7.45. The van der Waals surface area contributed by atoms with E-state index in [1.807, 2.05) is 18.2 Å². The van der Waals surface area contributed by atoms with E-state index >= 15 is 0 Å². The van der Waals surface area contributed by atoms with Gasteiger partial charge in [0.25, 0.3) is 0 Å². The first-order chi connectivity index (χ1) is 9.31. The molecule has 0 radical (unpaired) electrons. The van der Waals surface area contributed by atoms with Crippen LogP contribution in [0.25, 0.3) is 0 Å². The number of benzene rings is 1. The Morgan fingerprint density at radius 2 is 2.21 bits per heavy atom. The Balaban J connectivity index is 1.60. The van der Waals surface area contributed by atoms with Gasteiger partial charge in [-0.05, 0) is 43.9 Å². The van der Waals surface area contributed by atoms with Crippen molar-refractivity contribution in [2.45, 2.75) is 44.4 Å². The maximum absolute atomic E-state index is 6.07. The number of ether oxygens (including phenoxy) is 2. The molecule has 1 aromatic rings. The summed E-state index contributed by atoms with van der Waals surface area (Å²) in [7, 11) is 0. The van der Waals surface area contributed by atoms with Crippen molar-refractivity contribution in [1.29, 1.82) is 0 Å². The molecule has 0 amide bonds. The second kappa shape index (κ2) is 6.12. The predicted molar refractivity (Wildman–Crippen MR) is 75.8 cm³/mol. The predicted octanol–water partition coefficient (Wildman–Crippen LogP) is 3.15. The summed E-state index contributed by atoms with van der Waals surface area (Å²) in [5.74, 6) is 0.924. The Labute approximate surface area is 119 Å². The smallest absolute Gasteiger partial charge is 0.124 e. The van der Waals surface area contributed by atoms with Crippen LogP contribution in [0.4, 0.5) is 0 Å². The van der Waals surface area contributed by atoms with Gasteiger partial charge in [0.1, 0.15) is 12.4 Å². The molecule has 1 aromatic carbocycles. The quantitative estimate of drug-likeness (QED) is 0.869. The van der Waals surface area contributed by atoms with Gasteiger partial charge in [-0.1, -0.05) is 11.6 Å². The minimum atomic E-state index is 0.250. The van der Waals surface area contributed by atoms with Crippen molar-refractivity contribution in [3.8, 4) is 5.75 Å². The van der Waals surface area contributed by atoms with E-state index in [0.29, 0.717) is 12.6 Å². The van der Waals surface area contributed by atoms with Crippen molar-refractivity contribution < 1.29 is 9.47 Å². The van der Waals surface area contributed by atoms with Crippen LogP contribution in [0, 0.1) is 0 Å². The summed E-state index contributed by atoms with van der Waals surface area (Å²) >= 11 is 6.07. The number of rotatable bonds is 6. The molecule has 3 rings (SSSR count). The minimum absolute atomic E-state index is 0.250. The molecule has 1 saturated heterocycles. The van der Waals surface area contributed by atoms with Gasteiger partial charge < -0.3 is 14.8 Å². The molecule has 1 saturated carbocycles. The SMILES string of the molecule is Clc1ccc(OCC2CCCO2)c(CNC2CC2)c1. The normalized spacial score (nSPS) is 22.7. The zero-order valence-electron chi connectivity index (χ0n) is 11.0. The Morgan fingerprint density at radius 3 is 2.95 bits per heavy atom. The van der Waals surface area contributed by atoms with Crippen LogP contribution in [0.5, 0.6) is 5.75 Å². The van der Waals surface area contributed by atoms with E-state index in [-0.39, 0.29) is 6.10 Å². The lowest BCUT2D eigenvalue weighted by atomic mass is 10.2. The zero-order chi connectivity index (χ0) is 13.1. The van der Waals surface area contributed by atoms with Gasteiger partial charge in [0.2, 0.25) is 0 Å². The molecule has 1 atom stereocenters. The molecule has 1 N–H and O–H groups in total. The van der Waals surface area contributed by atoms with Crippen molar-refractivity contribution in [1.82, 2.24) is 5.32 Å². The van der Waals surface area contributed by atoms with E-state index in [1.165, 1.54) is 12.8 Å². The average molecular weight is 282 g/mol. The first kappa shape index (κ1) is 13.2. The Morgan fingerprint density at radius 1 is 1.32 bits per heavy atom. The summed E-state index contributed by atoms with van der Waals surface area (Å²) in [5, 5.41) is 4.26. The standard InChI is InChI=1S/C15H20ClNO2/c16-12-3-6-15(19-10-14-2-1-7-18-14)11(8-12)9-17-13-4-5-13/h3,6,8,13-14,17H,1-2,4-5,7,9-10H2. The van der Waals surface area contributed by atoms with Crippen LogP contribution in [0.3, 0.4) is 0 Å². The van der Waals surface area contributed by atoms with Gasteiger partial charge in [-0.15, -0.1) is 0 Å². The van der Waals surface area contributed by atoms with E-state index in [0.717, 1.165) is 42.3 Å². The molecule has 1 aliphatic carbocycles. The van der Waals surface area contributed by atoms with E-state index in [2.05, 4.69) is 5.32 Å². The molecule has 2 aliphatic rings. The van der Waals surface area contributed by atoms with Gasteiger partial charge in [-0.25, -0.2) is 0 Å². The number of halogens is 1. The molecule has 1 unspecified atom stereocenters. The molecule has 4 heteroatoms. The van der Waals surface area contributed by atoms with Gasteiger partial charge in [0, 0.05) is 29.8 Å². The van der Waals surface area contributed by atoms with Crippen molar-refractivity contribution >= 4 is 11.6 Å². The molecule has 2 fully saturated rings. The highest BCUT2D eigenvalue weighted by Crippen LogP contribution is 2.26. The zero-order valence-corrected chi connectivity index (χ0v) is 11.8. The van der Waals surface area contributed by atoms with Crippen LogP contribution in [0.2, 0.25) is 5.02 Å². The third-order valence-electron chi connectivity index (χ3n) is 3.63. The average Bonchev–Trinajstić information content (AvgIpc) is 3.10. The van der Waals surface area contributed by atoms with Gasteiger partial charge >= 0.3 is 0 Å². The maximum atomic E-state index is 6.07. The Bertz CT molecular complexity index is 428. The molecular weight excluding hydrogens is 262 g/mol. The van der Waals surface area contributed by atoms with E-state index < -0.39 is 0 Å². The van der Waals surface area contributed by atoms with Crippen molar-refractivity contribution in [3.63, 3.8) is 0 Å². The van der Waals surface area contributed by atoms with Gasteiger partial charge in [-0.2, -0.15) is 0 Å². The van der Waals surface area contributed by atoms with E-state index in [1.54, 1.807) is 0 Å². The molecule has 104 valence electrons. The largest absolute Gasteiger partial charge is 0.491 e. The Hall–Kier alpha value is -0.770. The lowest BCUT2D eigenvalue weighted by Gasteiger charge is -2.15. The van der Waals surface area contributed by atoms with Gasteiger partial charge in [0.15, 0.2) is 0 Å². The summed E-state index contributed by atoms with van der Waals surface area (Å²) in [6.07, 6.45) is 5.06. The topological polar surface area (TPSA) is 30.5 Å². The fourth-order valence-electron chi connectivity index (χ4n) is 2.33. The highest BCUT2D eigenvalue weighted by molar-refractivity contribution is 6.30. The highest BCUT2D eigenvalue weighted by atomic mass is 35.5. The summed E-state index contributed by atoms with van der Waals surface area (Å²) < 4.78 is 11.5. The lowest BCUT2D eigenvalue weighted by molar-refractivity contribution is 0.0676. The second-order valence-corrected chi connectivity index (χ2v) is 5.79. The fraction of sp³-hybridized carbons (Fsp3) is 0.600. The summed E-state index contributed by atoms with van der Waals surface area (Å²) in [4.78, 5) is 0. The minimum Gasteiger partial charge on any atom is -0.491 e. The molecular formula is C15H20ClNO2. The molecule has 0 aromatic heterocycles. The fourth-order valence-corrected chi connectivity index (χ4v) is 2.52. The number of hydrogen-bond acceptors (Lipinski definition) is 3. The van der Waals surface area contributed by atoms with Gasteiger partial charge in [0.05, 0.1) is 6.10 Å².